The van der Waals surface area contributed by atoms with Crippen molar-refractivity contribution in [2.75, 3.05) is 5.73 Å². The fourth-order valence-electron chi connectivity index (χ4n) is 1.35. The maximum atomic E-state index is 5.76. The molecular weight excluding hydrogens is 266 g/mol. The van der Waals surface area contributed by atoms with Gasteiger partial charge in [0.05, 0.1) is 0 Å². The van der Waals surface area contributed by atoms with Crippen molar-refractivity contribution in [2.45, 2.75) is 6.92 Å². The third-order valence-electron chi connectivity index (χ3n) is 2.26. The largest absolute Gasteiger partial charge is 0.457 e. The van der Waals surface area contributed by atoms with Crippen LogP contribution in [0.4, 0.5) is 5.69 Å². The van der Waals surface area contributed by atoms with E-state index in [-0.39, 0.29) is 0 Å². The molecule has 0 amide bonds. The summed E-state index contributed by atoms with van der Waals surface area (Å²) >= 11 is 3.42. The third kappa shape index (κ3) is 2.55. The van der Waals surface area contributed by atoms with Crippen molar-refractivity contribution >= 4 is 21.6 Å². The zero-order valence-corrected chi connectivity index (χ0v) is 10.5. The maximum absolute atomic E-state index is 5.76. The van der Waals surface area contributed by atoms with E-state index in [1.807, 2.05) is 49.4 Å². The summed E-state index contributed by atoms with van der Waals surface area (Å²) in [7, 11) is 0. The first-order valence-electron chi connectivity index (χ1n) is 4.95. The highest BCUT2D eigenvalue weighted by Crippen LogP contribution is 2.28. The number of ether oxygens (including phenoxy) is 1. The molecule has 0 fully saturated rings. The van der Waals surface area contributed by atoms with Crippen LogP contribution in [0, 0.1) is 6.92 Å². The second-order valence-corrected chi connectivity index (χ2v) is 4.50. The van der Waals surface area contributed by atoms with Crippen LogP contribution in [-0.4, -0.2) is 0 Å². The highest BCUT2D eigenvalue weighted by atomic mass is 79.9. The van der Waals surface area contributed by atoms with Gasteiger partial charge >= 0.3 is 0 Å². The molecule has 2 rings (SSSR count). The summed E-state index contributed by atoms with van der Waals surface area (Å²) in [6.45, 7) is 2.01. The van der Waals surface area contributed by atoms with Crippen molar-refractivity contribution in [1.82, 2.24) is 0 Å². The van der Waals surface area contributed by atoms with Crippen LogP contribution in [-0.2, 0) is 0 Å². The minimum Gasteiger partial charge on any atom is -0.457 e. The monoisotopic (exact) mass is 277 g/mol. The lowest BCUT2D eigenvalue weighted by molar-refractivity contribution is 0.478. The van der Waals surface area contributed by atoms with Gasteiger partial charge in [-0.3, -0.25) is 0 Å². The van der Waals surface area contributed by atoms with E-state index in [1.165, 1.54) is 0 Å². The number of benzene rings is 2. The number of rotatable bonds is 2. The van der Waals surface area contributed by atoms with Crippen molar-refractivity contribution < 1.29 is 4.74 Å². The Balaban J connectivity index is 2.26. The van der Waals surface area contributed by atoms with Gasteiger partial charge in [0.25, 0.3) is 0 Å². The minimum absolute atomic E-state index is 0.735. The fraction of sp³-hybridized carbons (Fsp3) is 0.0769. The Morgan fingerprint density at radius 3 is 2.44 bits per heavy atom. The first-order valence-corrected chi connectivity index (χ1v) is 5.74. The first-order chi connectivity index (χ1) is 7.65. The molecule has 0 saturated carbocycles. The summed E-state index contributed by atoms with van der Waals surface area (Å²) in [5, 5.41) is 0. The molecule has 0 radical (unpaired) electrons. The molecule has 0 aromatic heterocycles. The standard InChI is InChI=1S/C13H12BrNO/c1-9-2-3-10(14)8-13(9)16-12-6-4-11(15)5-7-12/h2-8H,15H2,1H3. The van der Waals surface area contributed by atoms with E-state index < -0.39 is 0 Å². The van der Waals surface area contributed by atoms with Gasteiger partial charge in [-0.15, -0.1) is 0 Å². The molecule has 0 aliphatic heterocycles. The summed E-state index contributed by atoms with van der Waals surface area (Å²) in [4.78, 5) is 0. The van der Waals surface area contributed by atoms with Crippen LogP contribution in [0.5, 0.6) is 11.5 Å². The molecule has 0 atom stereocenters. The van der Waals surface area contributed by atoms with Crippen LogP contribution in [0.3, 0.4) is 0 Å². The zero-order valence-electron chi connectivity index (χ0n) is 8.91. The van der Waals surface area contributed by atoms with Crippen LogP contribution >= 0.6 is 15.9 Å². The number of nitrogen functional groups attached to an aromatic ring is 1. The molecule has 0 spiro atoms. The Kier molecular flexibility index (Phi) is 3.15. The molecule has 0 heterocycles. The second-order valence-electron chi connectivity index (χ2n) is 3.58. The number of hydrogen-bond acceptors (Lipinski definition) is 2. The van der Waals surface area contributed by atoms with Crippen molar-refractivity contribution in [2.24, 2.45) is 0 Å². The van der Waals surface area contributed by atoms with Crippen molar-refractivity contribution in [3.05, 3.63) is 52.5 Å². The molecular formula is C13H12BrNO. The predicted octanol–water partition coefficient (Wildman–Crippen LogP) is 4.13. The van der Waals surface area contributed by atoms with Crippen LogP contribution in [0.1, 0.15) is 5.56 Å². The van der Waals surface area contributed by atoms with Gasteiger partial charge in [-0.25, -0.2) is 0 Å². The van der Waals surface area contributed by atoms with Gasteiger partial charge in [-0.05, 0) is 48.9 Å². The number of halogens is 1. The zero-order chi connectivity index (χ0) is 11.5. The van der Waals surface area contributed by atoms with E-state index in [4.69, 9.17) is 10.5 Å². The molecule has 82 valence electrons. The van der Waals surface area contributed by atoms with Crippen molar-refractivity contribution in [3.8, 4) is 11.5 Å². The van der Waals surface area contributed by atoms with Gasteiger partial charge in [-0.2, -0.15) is 0 Å². The summed E-state index contributed by atoms with van der Waals surface area (Å²) in [6, 6.07) is 13.3. The Bertz CT molecular complexity index is 494. The van der Waals surface area contributed by atoms with Crippen molar-refractivity contribution in [1.29, 1.82) is 0 Å². The van der Waals surface area contributed by atoms with Gasteiger partial charge in [-0.1, -0.05) is 22.0 Å². The summed E-state index contributed by atoms with van der Waals surface area (Å²) in [5.74, 6) is 1.63. The quantitative estimate of drug-likeness (QED) is 0.838. The highest BCUT2D eigenvalue weighted by molar-refractivity contribution is 9.10. The Hall–Kier alpha value is -1.48. The molecule has 3 heteroatoms. The molecule has 2 nitrogen and oxygen atoms in total. The van der Waals surface area contributed by atoms with Crippen LogP contribution < -0.4 is 10.5 Å². The highest BCUT2D eigenvalue weighted by Gasteiger charge is 2.02. The van der Waals surface area contributed by atoms with Crippen LogP contribution in [0.2, 0.25) is 0 Å². The Labute approximate surface area is 103 Å². The lowest BCUT2D eigenvalue weighted by Gasteiger charge is -2.09. The lowest BCUT2D eigenvalue weighted by atomic mass is 10.2. The third-order valence-corrected chi connectivity index (χ3v) is 2.75. The molecule has 0 saturated heterocycles. The fourth-order valence-corrected chi connectivity index (χ4v) is 1.69. The van der Waals surface area contributed by atoms with Crippen LogP contribution in [0.25, 0.3) is 0 Å². The van der Waals surface area contributed by atoms with E-state index >= 15 is 0 Å². The van der Waals surface area contributed by atoms with E-state index in [0.717, 1.165) is 27.2 Å². The van der Waals surface area contributed by atoms with Crippen LogP contribution in [0.15, 0.2) is 46.9 Å². The number of nitrogens with two attached hydrogens (primary N) is 1. The molecule has 16 heavy (non-hydrogen) atoms. The van der Waals surface area contributed by atoms with Gasteiger partial charge in [0.15, 0.2) is 0 Å². The molecule has 2 N–H and O–H groups in total. The molecule has 2 aromatic carbocycles. The molecule has 0 unspecified atom stereocenters. The van der Waals surface area contributed by atoms with E-state index in [2.05, 4.69) is 15.9 Å². The topological polar surface area (TPSA) is 35.2 Å². The SMILES string of the molecule is Cc1ccc(Br)cc1Oc1ccc(N)cc1. The van der Waals surface area contributed by atoms with E-state index in [0.29, 0.717) is 0 Å². The normalized spacial score (nSPS) is 10.1. The van der Waals surface area contributed by atoms with Gasteiger partial charge in [0, 0.05) is 10.2 Å². The molecule has 2 aromatic rings. The summed E-state index contributed by atoms with van der Waals surface area (Å²) in [5.41, 5.74) is 7.44. The predicted molar refractivity (Wildman–Crippen MR) is 69.8 cm³/mol. The van der Waals surface area contributed by atoms with Crippen molar-refractivity contribution in [3.63, 3.8) is 0 Å². The Morgan fingerprint density at radius 2 is 1.75 bits per heavy atom. The number of aryl methyl sites for hydroxylation is 1. The lowest BCUT2D eigenvalue weighted by Crippen LogP contribution is -1.88. The minimum atomic E-state index is 0.735. The van der Waals surface area contributed by atoms with Gasteiger partial charge in [0.1, 0.15) is 11.5 Å². The van der Waals surface area contributed by atoms with E-state index in [9.17, 15) is 0 Å². The van der Waals surface area contributed by atoms with Gasteiger partial charge in [0.2, 0.25) is 0 Å². The molecule has 0 aliphatic carbocycles. The van der Waals surface area contributed by atoms with Gasteiger partial charge < -0.3 is 10.5 Å². The number of anilines is 1. The molecule has 0 bridgehead atoms. The average Bonchev–Trinajstić information content (AvgIpc) is 2.27. The summed E-state index contributed by atoms with van der Waals surface area (Å²) < 4.78 is 6.76. The van der Waals surface area contributed by atoms with E-state index in [1.54, 1.807) is 0 Å². The number of hydrogen-bond donors (Lipinski definition) is 1. The Morgan fingerprint density at radius 1 is 1.06 bits per heavy atom. The summed E-state index contributed by atoms with van der Waals surface area (Å²) in [6.07, 6.45) is 0. The maximum Gasteiger partial charge on any atom is 0.131 e. The second kappa shape index (κ2) is 4.58. The first kappa shape index (κ1) is 11.0. The average molecular weight is 278 g/mol. The smallest absolute Gasteiger partial charge is 0.131 e. The molecule has 0 aliphatic rings.